The Kier molecular flexibility index (Phi) is 6.28. The van der Waals surface area contributed by atoms with Crippen LogP contribution in [0.2, 0.25) is 5.02 Å². The number of nitrogens with zero attached hydrogens (tertiary/aromatic N) is 2. The lowest BCUT2D eigenvalue weighted by Gasteiger charge is -2.20. The molecule has 0 saturated heterocycles. The molecule has 7 heteroatoms. The molecule has 0 bridgehead atoms. The largest absolute Gasteiger partial charge is 0.486 e. The Morgan fingerprint density at radius 2 is 1.90 bits per heavy atom. The van der Waals surface area contributed by atoms with E-state index in [1.807, 2.05) is 61.0 Å². The first-order valence-corrected chi connectivity index (χ1v) is 10.5. The zero-order valence-corrected chi connectivity index (χ0v) is 18.3. The van der Waals surface area contributed by atoms with Gasteiger partial charge >= 0.3 is 0 Å². The van der Waals surface area contributed by atoms with Crippen LogP contribution in [0, 0.1) is 13.8 Å². The molecule has 0 fully saturated rings. The molecule has 0 spiro atoms. The van der Waals surface area contributed by atoms with Crippen molar-refractivity contribution in [1.29, 1.82) is 0 Å². The lowest BCUT2D eigenvalue weighted by molar-refractivity contribution is -0.116. The summed E-state index contributed by atoms with van der Waals surface area (Å²) < 4.78 is 13.2. The summed E-state index contributed by atoms with van der Waals surface area (Å²) in [4.78, 5) is 12.4. The molecule has 1 N–H and O–H groups in total. The molecule has 2 heterocycles. The van der Waals surface area contributed by atoms with E-state index in [0.717, 1.165) is 28.1 Å². The Balaban J connectivity index is 1.42. The minimum atomic E-state index is -0.188. The highest BCUT2D eigenvalue weighted by Gasteiger charge is 2.16. The maximum absolute atomic E-state index is 12.4. The average Bonchev–Trinajstić information content (AvgIpc) is 3.04. The smallest absolute Gasteiger partial charge is 0.244 e. The first-order valence-electron chi connectivity index (χ1n) is 10.1. The summed E-state index contributed by atoms with van der Waals surface area (Å²) >= 11 is 6.28. The maximum Gasteiger partial charge on any atom is 0.244 e. The van der Waals surface area contributed by atoms with Gasteiger partial charge in [-0.05, 0) is 37.6 Å². The predicted molar refractivity (Wildman–Crippen MR) is 121 cm³/mol. The van der Waals surface area contributed by atoms with Crippen LogP contribution in [0.4, 0.5) is 0 Å². The topological polar surface area (TPSA) is 65.4 Å². The van der Waals surface area contributed by atoms with Gasteiger partial charge < -0.3 is 14.8 Å². The van der Waals surface area contributed by atoms with Crippen molar-refractivity contribution in [3.63, 3.8) is 0 Å². The van der Waals surface area contributed by atoms with Crippen molar-refractivity contribution in [2.24, 2.45) is 0 Å². The summed E-state index contributed by atoms with van der Waals surface area (Å²) in [7, 11) is 0. The molecule has 4 rings (SSSR count). The van der Waals surface area contributed by atoms with Crippen LogP contribution in [0.1, 0.15) is 28.1 Å². The van der Waals surface area contributed by atoms with Crippen molar-refractivity contribution in [2.75, 3.05) is 13.2 Å². The third kappa shape index (κ3) is 4.75. The molecule has 1 aliphatic heterocycles. The van der Waals surface area contributed by atoms with Crippen LogP contribution < -0.4 is 14.8 Å². The van der Waals surface area contributed by atoms with Gasteiger partial charge in [0.2, 0.25) is 5.91 Å². The zero-order valence-electron chi connectivity index (χ0n) is 17.5. The number of aromatic nitrogens is 2. The second kappa shape index (κ2) is 9.27. The van der Waals surface area contributed by atoms with Gasteiger partial charge in [-0.25, -0.2) is 0 Å². The fourth-order valence-corrected chi connectivity index (χ4v) is 3.76. The molecule has 160 valence electrons. The van der Waals surface area contributed by atoms with Gasteiger partial charge in [0.05, 0.1) is 12.2 Å². The number of halogens is 1. The molecule has 1 aromatic heterocycles. The second-order valence-corrected chi connectivity index (χ2v) is 7.73. The number of para-hydroxylation sites is 1. The number of carbonyl (C=O) groups excluding carboxylic acids is 1. The lowest BCUT2D eigenvalue weighted by atomic mass is 10.1. The number of benzene rings is 2. The van der Waals surface area contributed by atoms with Crippen LogP contribution in [0.3, 0.4) is 0 Å². The van der Waals surface area contributed by atoms with E-state index in [1.54, 1.807) is 6.08 Å². The van der Waals surface area contributed by atoms with E-state index in [2.05, 4.69) is 10.4 Å². The number of amides is 1. The highest BCUT2D eigenvalue weighted by molar-refractivity contribution is 6.31. The first-order chi connectivity index (χ1) is 15.0. The fraction of sp³-hybridized carbons (Fsp3) is 0.250. The third-order valence-electron chi connectivity index (χ3n) is 5.22. The number of aryl methyl sites for hydroxylation is 1. The standard InChI is InChI=1S/C24H24ClN3O3/c1-16-20(17(2)28(27-16)15-19-6-3-4-8-21(19)25)10-11-23(29)26-14-18-7-5-9-22-24(18)31-13-12-30-22/h3-11H,12-15H2,1-2H3,(H,26,29)/b11-10+. The van der Waals surface area contributed by atoms with E-state index in [9.17, 15) is 4.79 Å². The van der Waals surface area contributed by atoms with Crippen LogP contribution in [0.5, 0.6) is 11.5 Å². The number of carbonyl (C=O) groups is 1. The number of fused-ring (bicyclic) bond motifs is 1. The van der Waals surface area contributed by atoms with E-state index in [1.165, 1.54) is 6.08 Å². The molecule has 2 aromatic carbocycles. The summed E-state index contributed by atoms with van der Waals surface area (Å²) in [6.07, 6.45) is 3.33. The van der Waals surface area contributed by atoms with Gasteiger partial charge in [0.15, 0.2) is 11.5 Å². The first kappa shape index (κ1) is 21.0. The zero-order chi connectivity index (χ0) is 21.8. The summed E-state index contributed by atoms with van der Waals surface area (Å²) in [5.74, 6) is 1.23. The fourth-order valence-electron chi connectivity index (χ4n) is 3.57. The lowest BCUT2D eigenvalue weighted by Crippen LogP contribution is -2.22. The Bertz CT molecular complexity index is 1140. The Hall–Kier alpha value is -3.25. The van der Waals surface area contributed by atoms with Gasteiger partial charge in [0.1, 0.15) is 13.2 Å². The van der Waals surface area contributed by atoms with Crippen LogP contribution in [-0.4, -0.2) is 28.9 Å². The van der Waals surface area contributed by atoms with Gasteiger partial charge in [0.25, 0.3) is 0 Å². The van der Waals surface area contributed by atoms with E-state index in [-0.39, 0.29) is 5.91 Å². The summed E-state index contributed by atoms with van der Waals surface area (Å²) in [6.45, 7) is 5.90. The molecule has 1 aliphatic rings. The molecule has 0 unspecified atom stereocenters. The number of ether oxygens (including phenoxy) is 2. The maximum atomic E-state index is 12.4. The van der Waals surface area contributed by atoms with E-state index < -0.39 is 0 Å². The molecular weight excluding hydrogens is 414 g/mol. The quantitative estimate of drug-likeness (QED) is 0.584. The summed E-state index contributed by atoms with van der Waals surface area (Å²) in [5.41, 5.74) is 4.65. The number of rotatable bonds is 6. The van der Waals surface area contributed by atoms with Gasteiger partial charge in [-0.1, -0.05) is 41.9 Å². The van der Waals surface area contributed by atoms with Crippen LogP contribution in [0.25, 0.3) is 6.08 Å². The van der Waals surface area contributed by atoms with Crippen molar-refractivity contribution < 1.29 is 14.3 Å². The highest BCUT2D eigenvalue weighted by Crippen LogP contribution is 2.33. The van der Waals surface area contributed by atoms with Gasteiger partial charge in [-0.2, -0.15) is 5.10 Å². The number of hydrogen-bond acceptors (Lipinski definition) is 4. The van der Waals surface area contributed by atoms with Crippen LogP contribution in [-0.2, 0) is 17.9 Å². The molecule has 3 aromatic rings. The Morgan fingerprint density at radius 3 is 2.74 bits per heavy atom. The normalized spacial score (nSPS) is 12.9. The average molecular weight is 438 g/mol. The molecule has 0 atom stereocenters. The third-order valence-corrected chi connectivity index (χ3v) is 5.59. The number of nitrogens with one attached hydrogen (secondary N) is 1. The number of hydrogen-bond donors (Lipinski definition) is 1. The van der Waals surface area contributed by atoms with E-state index in [4.69, 9.17) is 21.1 Å². The van der Waals surface area contributed by atoms with Crippen molar-refractivity contribution in [3.8, 4) is 11.5 Å². The van der Waals surface area contributed by atoms with Gasteiger partial charge in [-0.15, -0.1) is 0 Å². The van der Waals surface area contributed by atoms with Gasteiger partial charge in [0, 0.05) is 34.5 Å². The van der Waals surface area contributed by atoms with Crippen molar-refractivity contribution in [3.05, 3.63) is 81.6 Å². The second-order valence-electron chi connectivity index (χ2n) is 7.33. The Morgan fingerprint density at radius 1 is 1.13 bits per heavy atom. The van der Waals surface area contributed by atoms with Crippen molar-refractivity contribution in [2.45, 2.75) is 26.9 Å². The Labute approximate surface area is 186 Å². The predicted octanol–water partition coefficient (Wildman–Crippen LogP) is 4.30. The van der Waals surface area contributed by atoms with Gasteiger partial charge in [-0.3, -0.25) is 9.48 Å². The monoisotopic (exact) mass is 437 g/mol. The molecule has 0 radical (unpaired) electrons. The van der Waals surface area contributed by atoms with Crippen molar-refractivity contribution >= 4 is 23.6 Å². The minimum Gasteiger partial charge on any atom is -0.486 e. The van der Waals surface area contributed by atoms with E-state index >= 15 is 0 Å². The molecule has 6 nitrogen and oxygen atoms in total. The SMILES string of the molecule is Cc1nn(Cc2ccccc2Cl)c(C)c1/C=C/C(=O)NCc1cccc2c1OCCO2. The van der Waals surface area contributed by atoms with E-state index in [0.29, 0.717) is 42.8 Å². The van der Waals surface area contributed by atoms with Crippen LogP contribution in [0.15, 0.2) is 48.5 Å². The molecule has 0 saturated carbocycles. The summed E-state index contributed by atoms with van der Waals surface area (Å²) in [6, 6.07) is 13.4. The summed E-state index contributed by atoms with van der Waals surface area (Å²) in [5, 5.41) is 8.23. The molecule has 0 aliphatic carbocycles. The molecular formula is C24H24ClN3O3. The molecule has 31 heavy (non-hydrogen) atoms. The minimum absolute atomic E-state index is 0.188. The van der Waals surface area contributed by atoms with Crippen molar-refractivity contribution in [1.82, 2.24) is 15.1 Å². The molecule has 1 amide bonds. The highest BCUT2D eigenvalue weighted by atomic mass is 35.5. The van der Waals surface area contributed by atoms with Crippen LogP contribution >= 0.6 is 11.6 Å².